The summed E-state index contributed by atoms with van der Waals surface area (Å²) in [6, 6.07) is 19.8. The Morgan fingerprint density at radius 3 is 2.73 bits per heavy atom. The smallest absolute Gasteiger partial charge is 0.348 e. The largest absolute Gasteiger partial charge is 0.456 e. The molecule has 0 saturated carbocycles. The Labute approximate surface area is 156 Å². The number of benzene rings is 1. The minimum absolute atomic E-state index is 0.154. The van der Waals surface area contributed by atoms with Gasteiger partial charge in [-0.3, -0.25) is 4.98 Å². The van der Waals surface area contributed by atoms with E-state index in [1.54, 1.807) is 6.20 Å². The molecule has 4 nitrogen and oxygen atoms in total. The standard InChI is InChI=1S/C21H20N2O2S/c24-21(20-10-9-19(26-20)17-8-4-5-12-23-17)25-18-14-22-13-11-16(18)15-6-2-1-3-7-15/h1-10,12,16,18,22H,11,13-14H2/t16-,18+/m1/s1. The number of pyridine rings is 1. The number of carbonyl (C=O) groups excluding carboxylic acids is 1. The normalized spacial score (nSPS) is 19.8. The molecule has 0 unspecified atom stereocenters. The second-order valence-corrected chi connectivity index (χ2v) is 7.42. The van der Waals surface area contributed by atoms with Crippen LogP contribution >= 0.6 is 11.3 Å². The van der Waals surface area contributed by atoms with Crippen LogP contribution in [0.2, 0.25) is 0 Å². The fourth-order valence-corrected chi connectivity index (χ4v) is 4.19. The summed E-state index contributed by atoms with van der Waals surface area (Å²) in [6.07, 6.45) is 2.57. The number of nitrogens with one attached hydrogen (secondary N) is 1. The molecule has 5 heteroatoms. The fourth-order valence-electron chi connectivity index (χ4n) is 3.32. The molecule has 1 saturated heterocycles. The highest BCUT2D eigenvalue weighted by Gasteiger charge is 2.30. The van der Waals surface area contributed by atoms with Gasteiger partial charge in [-0.15, -0.1) is 11.3 Å². The third kappa shape index (κ3) is 3.69. The van der Waals surface area contributed by atoms with Crippen molar-refractivity contribution in [3.8, 4) is 10.6 Å². The van der Waals surface area contributed by atoms with Gasteiger partial charge < -0.3 is 10.1 Å². The van der Waals surface area contributed by atoms with Crippen LogP contribution in [-0.2, 0) is 4.74 Å². The number of thiophene rings is 1. The third-order valence-corrected chi connectivity index (χ3v) is 5.72. The summed E-state index contributed by atoms with van der Waals surface area (Å²) >= 11 is 1.42. The molecule has 0 bridgehead atoms. The van der Waals surface area contributed by atoms with E-state index in [2.05, 4.69) is 22.4 Å². The van der Waals surface area contributed by atoms with Crippen molar-refractivity contribution in [3.63, 3.8) is 0 Å². The minimum atomic E-state index is -0.258. The summed E-state index contributed by atoms with van der Waals surface area (Å²) < 4.78 is 5.88. The van der Waals surface area contributed by atoms with Crippen molar-refractivity contribution in [2.24, 2.45) is 0 Å². The molecular weight excluding hydrogens is 344 g/mol. The van der Waals surface area contributed by atoms with Crippen molar-refractivity contribution < 1.29 is 9.53 Å². The van der Waals surface area contributed by atoms with Gasteiger partial charge in [-0.2, -0.15) is 0 Å². The lowest BCUT2D eigenvalue weighted by atomic mass is 9.88. The number of hydrogen-bond donors (Lipinski definition) is 1. The number of ether oxygens (including phenoxy) is 1. The van der Waals surface area contributed by atoms with E-state index in [-0.39, 0.29) is 18.0 Å². The van der Waals surface area contributed by atoms with Gasteiger partial charge in [-0.05, 0) is 42.8 Å². The second kappa shape index (κ2) is 7.81. The van der Waals surface area contributed by atoms with Crippen LogP contribution in [0.25, 0.3) is 10.6 Å². The molecule has 2 atom stereocenters. The van der Waals surface area contributed by atoms with Crippen LogP contribution in [0.1, 0.15) is 27.6 Å². The number of carbonyl (C=O) groups is 1. The maximum absolute atomic E-state index is 12.7. The SMILES string of the molecule is O=C(O[C@H]1CNCC[C@@H]1c1ccccc1)c1ccc(-c2ccccn2)s1. The van der Waals surface area contributed by atoms with Gasteiger partial charge in [0.2, 0.25) is 0 Å². The quantitative estimate of drug-likeness (QED) is 0.708. The van der Waals surface area contributed by atoms with Crippen LogP contribution in [0.4, 0.5) is 0 Å². The summed E-state index contributed by atoms with van der Waals surface area (Å²) in [5.74, 6) is -0.0246. The molecule has 2 aromatic heterocycles. The summed E-state index contributed by atoms with van der Waals surface area (Å²) in [6.45, 7) is 1.63. The Morgan fingerprint density at radius 2 is 1.92 bits per heavy atom. The minimum Gasteiger partial charge on any atom is -0.456 e. The van der Waals surface area contributed by atoms with Crippen molar-refractivity contribution in [1.82, 2.24) is 10.3 Å². The highest BCUT2D eigenvalue weighted by molar-refractivity contribution is 7.17. The Hall–Kier alpha value is -2.50. The molecule has 0 spiro atoms. The van der Waals surface area contributed by atoms with Gasteiger partial charge in [0.1, 0.15) is 11.0 Å². The molecule has 4 rings (SSSR count). The molecule has 0 aliphatic carbocycles. The van der Waals surface area contributed by atoms with Crippen molar-refractivity contribution in [3.05, 3.63) is 77.3 Å². The van der Waals surface area contributed by atoms with Crippen molar-refractivity contribution in [1.29, 1.82) is 0 Å². The van der Waals surface area contributed by atoms with E-state index in [1.807, 2.05) is 48.5 Å². The highest BCUT2D eigenvalue weighted by Crippen LogP contribution is 2.30. The van der Waals surface area contributed by atoms with E-state index in [1.165, 1.54) is 16.9 Å². The Balaban J connectivity index is 1.49. The van der Waals surface area contributed by atoms with Gasteiger partial charge >= 0.3 is 5.97 Å². The predicted molar refractivity (Wildman–Crippen MR) is 103 cm³/mol. The van der Waals surface area contributed by atoms with Crippen LogP contribution in [0.3, 0.4) is 0 Å². The first-order valence-electron chi connectivity index (χ1n) is 8.79. The van der Waals surface area contributed by atoms with Crippen molar-refractivity contribution in [2.75, 3.05) is 13.1 Å². The highest BCUT2D eigenvalue weighted by atomic mass is 32.1. The van der Waals surface area contributed by atoms with Crippen LogP contribution in [-0.4, -0.2) is 30.1 Å². The molecule has 1 aliphatic rings. The molecule has 3 aromatic rings. The van der Waals surface area contributed by atoms with E-state index >= 15 is 0 Å². The van der Waals surface area contributed by atoms with Gasteiger partial charge in [0.25, 0.3) is 0 Å². The fraction of sp³-hybridized carbons (Fsp3) is 0.238. The molecule has 3 heterocycles. The van der Waals surface area contributed by atoms with Crippen LogP contribution in [0, 0.1) is 0 Å². The van der Waals surface area contributed by atoms with Crippen LogP contribution in [0.15, 0.2) is 66.9 Å². The van der Waals surface area contributed by atoms with Gasteiger partial charge in [-0.25, -0.2) is 4.79 Å². The number of nitrogens with zero attached hydrogens (tertiary/aromatic N) is 1. The van der Waals surface area contributed by atoms with E-state index < -0.39 is 0 Å². The van der Waals surface area contributed by atoms with E-state index in [4.69, 9.17) is 4.74 Å². The number of hydrogen-bond acceptors (Lipinski definition) is 5. The average molecular weight is 364 g/mol. The zero-order valence-corrected chi connectivity index (χ0v) is 15.1. The average Bonchev–Trinajstić information content (AvgIpc) is 3.20. The molecule has 132 valence electrons. The second-order valence-electron chi connectivity index (χ2n) is 6.33. The van der Waals surface area contributed by atoms with E-state index in [9.17, 15) is 4.79 Å². The van der Waals surface area contributed by atoms with Gasteiger partial charge in [0.05, 0.1) is 10.6 Å². The Morgan fingerprint density at radius 1 is 1.08 bits per heavy atom. The summed E-state index contributed by atoms with van der Waals surface area (Å²) in [7, 11) is 0. The van der Waals surface area contributed by atoms with Crippen molar-refractivity contribution in [2.45, 2.75) is 18.4 Å². The zero-order valence-electron chi connectivity index (χ0n) is 14.3. The number of aromatic nitrogens is 1. The molecule has 0 amide bonds. The van der Waals surface area contributed by atoms with Gasteiger partial charge in [-0.1, -0.05) is 36.4 Å². The monoisotopic (exact) mass is 364 g/mol. The first-order valence-corrected chi connectivity index (χ1v) is 9.61. The first kappa shape index (κ1) is 16.9. The molecule has 1 aliphatic heterocycles. The lowest BCUT2D eigenvalue weighted by Crippen LogP contribution is -2.42. The van der Waals surface area contributed by atoms with Gasteiger partial charge in [0.15, 0.2) is 0 Å². The van der Waals surface area contributed by atoms with Gasteiger partial charge in [0, 0.05) is 18.7 Å². The van der Waals surface area contributed by atoms with Crippen molar-refractivity contribution >= 4 is 17.3 Å². The number of esters is 1. The number of rotatable bonds is 4. The Bertz CT molecular complexity index is 864. The topological polar surface area (TPSA) is 51.2 Å². The van der Waals surface area contributed by atoms with Crippen LogP contribution in [0.5, 0.6) is 0 Å². The predicted octanol–water partition coefficient (Wildman–Crippen LogP) is 4.11. The van der Waals surface area contributed by atoms with E-state index in [0.717, 1.165) is 23.5 Å². The summed E-state index contributed by atoms with van der Waals surface area (Å²) in [4.78, 5) is 18.6. The molecule has 1 aromatic carbocycles. The number of piperidine rings is 1. The molecular formula is C21H20N2O2S. The molecule has 1 N–H and O–H groups in total. The lowest BCUT2D eigenvalue weighted by Gasteiger charge is -2.32. The zero-order chi connectivity index (χ0) is 17.8. The molecule has 1 fully saturated rings. The molecule has 26 heavy (non-hydrogen) atoms. The van der Waals surface area contributed by atoms with E-state index in [0.29, 0.717) is 11.4 Å². The maximum Gasteiger partial charge on any atom is 0.348 e. The van der Waals surface area contributed by atoms with Crippen LogP contribution < -0.4 is 5.32 Å². The third-order valence-electron chi connectivity index (χ3n) is 4.64. The maximum atomic E-state index is 12.7. The first-order chi connectivity index (χ1) is 12.8. The molecule has 0 radical (unpaired) electrons. The summed E-state index contributed by atoms with van der Waals surface area (Å²) in [5.41, 5.74) is 2.10. The lowest BCUT2D eigenvalue weighted by molar-refractivity contribution is 0.0188. The summed E-state index contributed by atoms with van der Waals surface area (Å²) in [5, 5.41) is 3.34. The Kier molecular flexibility index (Phi) is 5.09.